The lowest BCUT2D eigenvalue weighted by Crippen LogP contribution is -2.46. The van der Waals surface area contributed by atoms with E-state index < -0.39 is 10.0 Å². The highest BCUT2D eigenvalue weighted by Crippen LogP contribution is 2.28. The SMILES string of the molecule is CCOc1ccc(S(=O)(=O)N(CC(=O)NCc2ccc(F)cc2)C2CCCCC2)cc1. The van der Waals surface area contributed by atoms with Crippen molar-refractivity contribution in [1.29, 1.82) is 0 Å². The molecule has 0 aliphatic heterocycles. The van der Waals surface area contributed by atoms with Crippen molar-refractivity contribution in [2.24, 2.45) is 0 Å². The van der Waals surface area contributed by atoms with Gasteiger partial charge in [-0.05, 0) is 61.7 Å². The van der Waals surface area contributed by atoms with Crippen LogP contribution >= 0.6 is 0 Å². The van der Waals surface area contributed by atoms with Gasteiger partial charge in [0.05, 0.1) is 18.0 Å². The third-order valence-corrected chi connectivity index (χ3v) is 7.34. The zero-order valence-electron chi connectivity index (χ0n) is 17.7. The second-order valence-electron chi connectivity index (χ2n) is 7.65. The van der Waals surface area contributed by atoms with Crippen LogP contribution < -0.4 is 10.1 Å². The van der Waals surface area contributed by atoms with Crippen LogP contribution in [-0.2, 0) is 21.4 Å². The molecule has 0 heterocycles. The van der Waals surface area contributed by atoms with E-state index in [1.165, 1.54) is 28.6 Å². The van der Waals surface area contributed by atoms with Crippen LogP contribution in [0.2, 0.25) is 0 Å². The lowest BCUT2D eigenvalue weighted by atomic mass is 9.95. The van der Waals surface area contributed by atoms with Gasteiger partial charge in [-0.25, -0.2) is 12.8 Å². The number of nitrogens with one attached hydrogen (secondary N) is 1. The average molecular weight is 449 g/mol. The quantitative estimate of drug-likeness (QED) is 0.632. The van der Waals surface area contributed by atoms with Crippen LogP contribution in [0.25, 0.3) is 0 Å². The van der Waals surface area contributed by atoms with Crippen LogP contribution in [0.4, 0.5) is 4.39 Å². The number of benzene rings is 2. The van der Waals surface area contributed by atoms with Crippen molar-refractivity contribution in [1.82, 2.24) is 9.62 Å². The predicted molar refractivity (Wildman–Crippen MR) is 117 cm³/mol. The Morgan fingerprint density at radius 2 is 1.71 bits per heavy atom. The number of amides is 1. The lowest BCUT2D eigenvalue weighted by molar-refractivity contribution is -0.121. The number of hydrogen-bond acceptors (Lipinski definition) is 4. The highest BCUT2D eigenvalue weighted by molar-refractivity contribution is 7.89. The number of hydrogen-bond donors (Lipinski definition) is 1. The molecule has 0 bridgehead atoms. The average Bonchev–Trinajstić information content (AvgIpc) is 2.78. The number of halogens is 1. The fourth-order valence-electron chi connectivity index (χ4n) is 3.79. The molecule has 8 heteroatoms. The van der Waals surface area contributed by atoms with Crippen LogP contribution in [0.3, 0.4) is 0 Å². The molecule has 0 atom stereocenters. The molecule has 2 aromatic carbocycles. The minimum absolute atomic E-state index is 0.146. The van der Waals surface area contributed by atoms with Gasteiger partial charge >= 0.3 is 0 Å². The molecule has 168 valence electrons. The summed E-state index contributed by atoms with van der Waals surface area (Å²) < 4.78 is 46.6. The molecule has 1 fully saturated rings. The first-order valence-electron chi connectivity index (χ1n) is 10.7. The fraction of sp³-hybridized carbons (Fsp3) is 0.435. The van der Waals surface area contributed by atoms with Crippen molar-refractivity contribution >= 4 is 15.9 Å². The van der Waals surface area contributed by atoms with E-state index in [-0.39, 0.29) is 35.8 Å². The standard InChI is InChI=1S/C23H29FN2O4S/c1-2-30-21-12-14-22(15-13-21)31(28,29)26(20-6-4-3-5-7-20)17-23(27)25-16-18-8-10-19(24)11-9-18/h8-15,20H,2-7,16-17H2,1H3,(H,25,27). The summed E-state index contributed by atoms with van der Waals surface area (Å²) in [5, 5.41) is 2.75. The maximum absolute atomic E-state index is 13.4. The van der Waals surface area contributed by atoms with Crippen molar-refractivity contribution in [2.45, 2.75) is 56.5 Å². The molecule has 1 N–H and O–H groups in total. The van der Waals surface area contributed by atoms with Crippen molar-refractivity contribution in [3.05, 3.63) is 59.9 Å². The zero-order chi connectivity index (χ0) is 22.3. The highest BCUT2D eigenvalue weighted by Gasteiger charge is 2.34. The molecule has 0 aromatic heterocycles. The number of carbonyl (C=O) groups is 1. The van der Waals surface area contributed by atoms with Crippen LogP contribution in [-0.4, -0.2) is 37.8 Å². The Morgan fingerprint density at radius 3 is 2.32 bits per heavy atom. The van der Waals surface area contributed by atoms with Gasteiger partial charge in [0.15, 0.2) is 0 Å². The monoisotopic (exact) mass is 448 g/mol. The van der Waals surface area contributed by atoms with Gasteiger partial charge in [-0.2, -0.15) is 4.31 Å². The normalized spacial score (nSPS) is 15.1. The number of nitrogens with zero attached hydrogens (tertiary/aromatic N) is 1. The summed E-state index contributed by atoms with van der Waals surface area (Å²) in [7, 11) is -3.85. The molecule has 1 saturated carbocycles. The number of carbonyl (C=O) groups excluding carboxylic acids is 1. The van der Waals surface area contributed by atoms with Gasteiger partial charge in [0.1, 0.15) is 11.6 Å². The smallest absolute Gasteiger partial charge is 0.243 e. The van der Waals surface area contributed by atoms with Crippen molar-refractivity contribution < 1.29 is 22.3 Å². The van der Waals surface area contributed by atoms with Crippen LogP contribution in [0, 0.1) is 5.82 Å². The highest BCUT2D eigenvalue weighted by atomic mass is 32.2. The Bertz CT molecular complexity index is 956. The fourth-order valence-corrected chi connectivity index (χ4v) is 5.43. The lowest BCUT2D eigenvalue weighted by Gasteiger charge is -2.33. The molecule has 1 aliphatic carbocycles. The first-order valence-corrected chi connectivity index (χ1v) is 12.1. The van der Waals surface area contributed by atoms with Crippen molar-refractivity contribution in [3.63, 3.8) is 0 Å². The molecule has 3 rings (SSSR count). The molecule has 2 aromatic rings. The summed E-state index contributed by atoms with van der Waals surface area (Å²) in [5.74, 6) is -0.132. The Morgan fingerprint density at radius 1 is 1.06 bits per heavy atom. The third kappa shape index (κ3) is 6.27. The molecule has 0 radical (unpaired) electrons. The minimum atomic E-state index is -3.85. The van der Waals surface area contributed by atoms with Gasteiger partial charge in [0, 0.05) is 12.6 Å². The summed E-state index contributed by atoms with van der Waals surface area (Å²) in [6, 6.07) is 11.9. The van der Waals surface area contributed by atoms with Crippen LogP contribution in [0.5, 0.6) is 5.75 Å². The molecule has 0 unspecified atom stereocenters. The second-order valence-corrected chi connectivity index (χ2v) is 9.54. The van der Waals surface area contributed by atoms with E-state index in [0.717, 1.165) is 37.7 Å². The predicted octanol–water partition coefficient (Wildman–Crippen LogP) is 3.86. The Labute approximate surface area is 183 Å². The van der Waals surface area contributed by atoms with E-state index in [2.05, 4.69) is 5.32 Å². The van der Waals surface area contributed by atoms with Gasteiger partial charge in [0.2, 0.25) is 15.9 Å². The largest absolute Gasteiger partial charge is 0.494 e. The maximum Gasteiger partial charge on any atom is 0.243 e. The summed E-state index contributed by atoms with van der Waals surface area (Å²) >= 11 is 0. The second kappa shape index (κ2) is 10.7. The van der Waals surface area contributed by atoms with Crippen LogP contribution in [0.15, 0.2) is 53.4 Å². The Hall–Kier alpha value is -2.45. The molecule has 6 nitrogen and oxygen atoms in total. The maximum atomic E-state index is 13.4. The van der Waals surface area contributed by atoms with E-state index in [1.54, 1.807) is 24.3 Å². The molecule has 0 spiro atoms. The molecule has 0 saturated heterocycles. The number of sulfonamides is 1. The molecule has 1 aliphatic rings. The van der Waals surface area contributed by atoms with E-state index in [4.69, 9.17) is 4.74 Å². The molecule has 31 heavy (non-hydrogen) atoms. The van der Waals surface area contributed by atoms with E-state index in [1.807, 2.05) is 6.92 Å². The van der Waals surface area contributed by atoms with E-state index in [0.29, 0.717) is 12.4 Å². The first kappa shape index (κ1) is 23.2. The van der Waals surface area contributed by atoms with Gasteiger partial charge < -0.3 is 10.1 Å². The molecular weight excluding hydrogens is 419 g/mol. The van der Waals surface area contributed by atoms with Gasteiger partial charge in [-0.3, -0.25) is 4.79 Å². The Kier molecular flexibility index (Phi) is 8.03. The first-order chi connectivity index (χ1) is 14.9. The van der Waals surface area contributed by atoms with Crippen molar-refractivity contribution in [3.8, 4) is 5.75 Å². The van der Waals surface area contributed by atoms with Crippen molar-refractivity contribution in [2.75, 3.05) is 13.2 Å². The summed E-state index contributed by atoms with van der Waals surface area (Å²) in [5.41, 5.74) is 0.744. The van der Waals surface area contributed by atoms with E-state index in [9.17, 15) is 17.6 Å². The Balaban J connectivity index is 1.75. The van der Waals surface area contributed by atoms with Crippen LogP contribution in [0.1, 0.15) is 44.6 Å². The van der Waals surface area contributed by atoms with Gasteiger partial charge in [0.25, 0.3) is 0 Å². The third-order valence-electron chi connectivity index (χ3n) is 5.43. The summed E-state index contributed by atoms with van der Waals surface area (Å²) in [4.78, 5) is 12.8. The minimum Gasteiger partial charge on any atom is -0.494 e. The topological polar surface area (TPSA) is 75.7 Å². The number of ether oxygens (including phenoxy) is 1. The van der Waals surface area contributed by atoms with Gasteiger partial charge in [-0.15, -0.1) is 0 Å². The number of rotatable bonds is 9. The zero-order valence-corrected chi connectivity index (χ0v) is 18.5. The van der Waals surface area contributed by atoms with E-state index >= 15 is 0 Å². The molecule has 1 amide bonds. The molecular formula is C23H29FN2O4S. The summed E-state index contributed by atoms with van der Waals surface area (Å²) in [6.07, 6.45) is 4.43. The van der Waals surface area contributed by atoms with Gasteiger partial charge in [-0.1, -0.05) is 31.4 Å². The summed E-state index contributed by atoms with van der Waals surface area (Å²) in [6.45, 7) is 2.32.